The predicted octanol–water partition coefficient (Wildman–Crippen LogP) is 5.07. The highest BCUT2D eigenvalue weighted by Gasteiger charge is 2.35. The van der Waals surface area contributed by atoms with E-state index in [1.807, 2.05) is 57.2 Å². The molecule has 0 N–H and O–H groups in total. The van der Waals surface area contributed by atoms with Gasteiger partial charge in [0, 0.05) is 27.1 Å². The lowest BCUT2D eigenvalue weighted by Crippen LogP contribution is -2.40. The summed E-state index contributed by atoms with van der Waals surface area (Å²) in [6.45, 7) is 9.50. The highest BCUT2D eigenvalue weighted by atomic mass is 79.9. The number of carbonyl (C=O) groups is 2. The Morgan fingerprint density at radius 2 is 1.82 bits per heavy atom. The van der Waals surface area contributed by atoms with E-state index in [2.05, 4.69) is 25.5 Å². The number of aryl methyl sites for hydroxylation is 1. The zero-order valence-electron chi connectivity index (χ0n) is 25.5. The molecule has 1 aliphatic heterocycles. The Morgan fingerprint density at radius 1 is 1.07 bits per heavy atom. The largest absolute Gasteiger partial charge is 0.496 e. The van der Waals surface area contributed by atoms with Crippen LogP contribution in [-0.2, 0) is 14.3 Å². The summed E-state index contributed by atoms with van der Waals surface area (Å²) in [5.74, 6) is -0.414. The quantitative estimate of drug-likeness (QED) is 0.253. The number of methoxy groups -OCH3 is 2. The Bertz CT molecular complexity index is 2030. The van der Waals surface area contributed by atoms with Gasteiger partial charge in [-0.2, -0.15) is 0 Å². The number of hydrogen-bond donors (Lipinski definition) is 0. The van der Waals surface area contributed by atoms with Gasteiger partial charge in [0.05, 0.1) is 42.2 Å². The lowest BCUT2D eigenvalue weighted by molar-refractivity contribution is -0.139. The molecule has 0 fully saturated rings. The molecular weight excluding hydrogens is 646 g/mol. The van der Waals surface area contributed by atoms with E-state index in [1.54, 1.807) is 37.7 Å². The summed E-state index contributed by atoms with van der Waals surface area (Å²) >= 11 is 4.79. The van der Waals surface area contributed by atoms with E-state index < -0.39 is 18.0 Å². The van der Waals surface area contributed by atoms with Gasteiger partial charge in [-0.15, -0.1) is 0 Å². The number of ether oxygens (including phenoxy) is 3. The van der Waals surface area contributed by atoms with Crippen molar-refractivity contribution in [3.8, 4) is 11.4 Å². The molecule has 3 heterocycles. The van der Waals surface area contributed by atoms with Crippen LogP contribution in [-0.4, -0.2) is 41.9 Å². The summed E-state index contributed by atoms with van der Waals surface area (Å²) in [5, 5.41) is 0. The Hall–Kier alpha value is -4.22. The van der Waals surface area contributed by atoms with Crippen molar-refractivity contribution in [1.29, 1.82) is 0 Å². The maximum Gasteiger partial charge on any atom is 0.338 e. The number of benzene rings is 2. The summed E-state index contributed by atoms with van der Waals surface area (Å²) in [6, 6.07) is 12.2. The summed E-state index contributed by atoms with van der Waals surface area (Å²) in [5.41, 5.74) is 5.89. The fourth-order valence-electron chi connectivity index (χ4n) is 5.65. The third kappa shape index (κ3) is 5.35. The first-order chi connectivity index (χ1) is 21.0. The molecule has 0 saturated carbocycles. The second kappa shape index (κ2) is 12.4. The van der Waals surface area contributed by atoms with Crippen molar-refractivity contribution in [1.82, 2.24) is 9.13 Å². The minimum Gasteiger partial charge on any atom is -0.496 e. The Balaban J connectivity index is 1.72. The standard InChI is InChI=1S/C33H32BrN3O6S/c1-8-43-32(40)28-19(4)35-33-37(29(28)24-16-22(34)12-13-26(24)41-6)30(38)27(44-33)15-21-14-17(2)36(20(21)5)25-11-9-10-23(18(25)3)31(39)42-7/h9-16,29H,8H2,1-7H3/b27-15-/t29-/m0/s1. The molecule has 5 rings (SSSR count). The van der Waals surface area contributed by atoms with Crippen molar-refractivity contribution < 1.29 is 23.8 Å². The van der Waals surface area contributed by atoms with Crippen molar-refractivity contribution in [2.24, 2.45) is 4.99 Å². The molecule has 2 aromatic carbocycles. The number of carbonyl (C=O) groups excluding carboxylic acids is 2. The summed E-state index contributed by atoms with van der Waals surface area (Å²) in [6.07, 6.45) is 1.85. The van der Waals surface area contributed by atoms with Gasteiger partial charge in [0.1, 0.15) is 11.8 Å². The summed E-state index contributed by atoms with van der Waals surface area (Å²) in [7, 11) is 2.92. The third-order valence-corrected chi connectivity index (χ3v) is 9.19. The third-order valence-electron chi connectivity index (χ3n) is 7.71. The van der Waals surface area contributed by atoms with Gasteiger partial charge in [-0.05, 0) is 88.2 Å². The van der Waals surface area contributed by atoms with Gasteiger partial charge < -0.3 is 18.8 Å². The average molecular weight is 679 g/mol. The van der Waals surface area contributed by atoms with E-state index in [4.69, 9.17) is 14.2 Å². The maximum absolute atomic E-state index is 14.2. The van der Waals surface area contributed by atoms with Crippen LogP contribution in [0.5, 0.6) is 5.75 Å². The number of halogens is 1. The molecule has 0 bridgehead atoms. The molecule has 2 aromatic heterocycles. The molecule has 0 amide bonds. The Kier molecular flexibility index (Phi) is 8.80. The number of nitrogens with zero attached hydrogens (tertiary/aromatic N) is 3. The molecule has 44 heavy (non-hydrogen) atoms. The first-order valence-electron chi connectivity index (χ1n) is 13.9. The second-order valence-electron chi connectivity index (χ2n) is 10.3. The first kappa shape index (κ1) is 31.2. The van der Waals surface area contributed by atoms with Crippen LogP contribution in [0.25, 0.3) is 11.8 Å². The predicted molar refractivity (Wildman–Crippen MR) is 172 cm³/mol. The lowest BCUT2D eigenvalue weighted by Gasteiger charge is -2.26. The number of aromatic nitrogens is 2. The normalized spacial score (nSPS) is 14.7. The smallest absolute Gasteiger partial charge is 0.338 e. The van der Waals surface area contributed by atoms with Crippen LogP contribution in [0.2, 0.25) is 0 Å². The second-order valence-corrected chi connectivity index (χ2v) is 12.2. The fourth-order valence-corrected chi connectivity index (χ4v) is 7.06. The average Bonchev–Trinajstić information content (AvgIpc) is 3.45. The molecule has 9 nitrogen and oxygen atoms in total. The Labute approximate surface area is 266 Å². The molecule has 0 unspecified atom stereocenters. The van der Waals surface area contributed by atoms with E-state index in [1.165, 1.54) is 18.4 Å². The van der Waals surface area contributed by atoms with Crippen LogP contribution in [0.15, 0.2) is 68.0 Å². The van der Waals surface area contributed by atoms with Gasteiger partial charge in [-0.25, -0.2) is 14.6 Å². The van der Waals surface area contributed by atoms with E-state index in [9.17, 15) is 14.4 Å². The van der Waals surface area contributed by atoms with E-state index in [0.717, 1.165) is 32.7 Å². The molecule has 4 aromatic rings. The van der Waals surface area contributed by atoms with Crippen molar-refractivity contribution in [2.75, 3.05) is 20.8 Å². The van der Waals surface area contributed by atoms with Crippen molar-refractivity contribution in [2.45, 2.75) is 40.7 Å². The van der Waals surface area contributed by atoms with E-state index in [-0.39, 0.29) is 17.7 Å². The van der Waals surface area contributed by atoms with Gasteiger partial charge >= 0.3 is 11.9 Å². The van der Waals surface area contributed by atoms with E-state index >= 15 is 0 Å². The molecule has 0 saturated heterocycles. The van der Waals surface area contributed by atoms with Crippen LogP contribution in [0.4, 0.5) is 0 Å². The molecule has 0 radical (unpaired) electrons. The van der Waals surface area contributed by atoms with Crippen LogP contribution in [0, 0.1) is 20.8 Å². The molecule has 0 spiro atoms. The monoisotopic (exact) mass is 677 g/mol. The van der Waals surface area contributed by atoms with Crippen molar-refractivity contribution >= 4 is 45.3 Å². The van der Waals surface area contributed by atoms with Gasteiger partial charge in [0.2, 0.25) is 0 Å². The van der Waals surface area contributed by atoms with Crippen LogP contribution < -0.4 is 19.6 Å². The van der Waals surface area contributed by atoms with Crippen molar-refractivity contribution in [3.05, 3.63) is 112 Å². The van der Waals surface area contributed by atoms with Gasteiger partial charge in [-0.1, -0.05) is 33.3 Å². The van der Waals surface area contributed by atoms with Crippen LogP contribution in [0.1, 0.15) is 58.3 Å². The fraction of sp³-hybridized carbons (Fsp3) is 0.273. The topological polar surface area (TPSA) is 101 Å². The number of allylic oxidation sites excluding steroid dienone is 1. The molecule has 228 valence electrons. The highest BCUT2D eigenvalue weighted by molar-refractivity contribution is 9.10. The zero-order chi connectivity index (χ0) is 31.9. The summed E-state index contributed by atoms with van der Waals surface area (Å²) < 4.78 is 20.9. The molecule has 11 heteroatoms. The number of fused-ring (bicyclic) bond motifs is 1. The van der Waals surface area contributed by atoms with Gasteiger partial charge in [0.15, 0.2) is 4.80 Å². The minimum absolute atomic E-state index is 0.181. The zero-order valence-corrected chi connectivity index (χ0v) is 27.9. The first-order valence-corrected chi connectivity index (χ1v) is 15.5. The maximum atomic E-state index is 14.2. The number of thiazole rings is 1. The van der Waals surface area contributed by atoms with Gasteiger partial charge in [-0.3, -0.25) is 9.36 Å². The highest BCUT2D eigenvalue weighted by Crippen LogP contribution is 2.37. The lowest BCUT2D eigenvalue weighted by atomic mass is 9.95. The number of rotatable bonds is 7. The molecule has 1 atom stereocenters. The molecular formula is C33H32BrN3O6S. The van der Waals surface area contributed by atoms with Crippen molar-refractivity contribution in [3.63, 3.8) is 0 Å². The van der Waals surface area contributed by atoms with E-state index in [0.29, 0.717) is 31.9 Å². The van der Waals surface area contributed by atoms with Crippen LogP contribution in [0.3, 0.4) is 0 Å². The van der Waals surface area contributed by atoms with Gasteiger partial charge in [0.25, 0.3) is 5.56 Å². The van der Waals surface area contributed by atoms with Crippen LogP contribution >= 0.6 is 27.3 Å². The Morgan fingerprint density at radius 3 is 2.50 bits per heavy atom. The SMILES string of the molecule is CCOC(=O)C1=C(C)N=c2s/c(=C\c3cc(C)n(-c4cccc(C(=O)OC)c4C)c3C)c(=O)n2[C@H]1c1cc(Br)ccc1OC. The molecule has 1 aliphatic rings. The number of esters is 2. The molecule has 0 aliphatic carbocycles. The summed E-state index contributed by atoms with van der Waals surface area (Å²) in [4.78, 5) is 45.0. The minimum atomic E-state index is -0.809. The number of hydrogen-bond acceptors (Lipinski definition) is 8.